The van der Waals surface area contributed by atoms with Crippen molar-refractivity contribution in [2.45, 2.75) is 41.1 Å². The lowest BCUT2D eigenvalue weighted by Crippen LogP contribution is -2.28. The number of rotatable bonds is 4. The van der Waals surface area contributed by atoms with Crippen molar-refractivity contribution in [3.8, 4) is 0 Å². The van der Waals surface area contributed by atoms with Gasteiger partial charge in [0.1, 0.15) is 9.84 Å². The molecule has 0 radical (unpaired) electrons. The van der Waals surface area contributed by atoms with Crippen LogP contribution in [-0.2, 0) is 9.84 Å². The van der Waals surface area contributed by atoms with Crippen molar-refractivity contribution in [1.82, 2.24) is 0 Å². The average Bonchev–Trinajstić information content (AvgIpc) is 2.38. The Balaban J connectivity index is 2.01. The smallest absolute Gasteiger partial charge is 0.335 e. The quantitative estimate of drug-likeness (QED) is 0.925. The lowest BCUT2D eigenvalue weighted by atomic mass is 10.00. The molecule has 2 atom stereocenters. The van der Waals surface area contributed by atoms with E-state index in [-0.39, 0.29) is 10.8 Å². The number of carboxylic acids is 1. The van der Waals surface area contributed by atoms with Gasteiger partial charge in [0.2, 0.25) is 0 Å². The van der Waals surface area contributed by atoms with Crippen LogP contribution in [0.5, 0.6) is 0 Å². The highest BCUT2D eigenvalue weighted by molar-refractivity contribution is 8.00. The second-order valence-electron chi connectivity index (χ2n) is 5.19. The van der Waals surface area contributed by atoms with Crippen molar-refractivity contribution in [1.29, 1.82) is 0 Å². The van der Waals surface area contributed by atoms with E-state index in [1.807, 2.05) is 0 Å². The number of sulfone groups is 1. The predicted molar refractivity (Wildman–Crippen MR) is 80.1 cm³/mol. The summed E-state index contributed by atoms with van der Waals surface area (Å²) < 4.78 is 23.3. The van der Waals surface area contributed by atoms with Crippen molar-refractivity contribution < 1.29 is 18.3 Å². The van der Waals surface area contributed by atoms with E-state index in [0.29, 0.717) is 11.7 Å². The summed E-state index contributed by atoms with van der Waals surface area (Å²) in [7, 11) is -2.96. The normalized spacial score (nSPS) is 23.4. The fraction of sp³-hybridized carbons (Fsp3) is 0.500. The summed E-state index contributed by atoms with van der Waals surface area (Å²) in [6.45, 7) is 0. The summed E-state index contributed by atoms with van der Waals surface area (Å²) in [5.41, 5.74) is 0.270. The molecule has 0 spiro atoms. The molecule has 0 amide bonds. The first kappa shape index (κ1) is 15.4. The molecule has 0 heterocycles. The summed E-state index contributed by atoms with van der Waals surface area (Å²) in [5, 5.41) is 8.91. The van der Waals surface area contributed by atoms with Gasteiger partial charge < -0.3 is 5.11 Å². The molecular weight excluding hydrogens is 296 g/mol. The van der Waals surface area contributed by atoms with Gasteiger partial charge in [-0.05, 0) is 43.5 Å². The maximum atomic E-state index is 11.6. The number of aromatic carboxylic acids is 1. The number of hydrogen-bond acceptors (Lipinski definition) is 4. The molecule has 1 aromatic carbocycles. The SMILES string of the molecule is CS(=O)(=O)C1CCCC(Sc2ccc(C(=O)O)cc2)C1. The first-order chi connectivity index (χ1) is 9.36. The van der Waals surface area contributed by atoms with Gasteiger partial charge in [-0.2, -0.15) is 0 Å². The van der Waals surface area contributed by atoms with E-state index in [1.54, 1.807) is 36.0 Å². The van der Waals surface area contributed by atoms with Gasteiger partial charge in [-0.15, -0.1) is 11.8 Å². The van der Waals surface area contributed by atoms with Crippen molar-refractivity contribution in [2.24, 2.45) is 0 Å². The molecule has 6 heteroatoms. The zero-order chi connectivity index (χ0) is 14.8. The Morgan fingerprint density at radius 2 is 1.90 bits per heavy atom. The number of carboxylic acid groups (broad SMARTS) is 1. The van der Waals surface area contributed by atoms with E-state index >= 15 is 0 Å². The summed E-state index contributed by atoms with van der Waals surface area (Å²) in [6, 6.07) is 6.75. The van der Waals surface area contributed by atoms with Crippen molar-refractivity contribution >= 4 is 27.6 Å². The van der Waals surface area contributed by atoms with Gasteiger partial charge >= 0.3 is 5.97 Å². The zero-order valence-corrected chi connectivity index (χ0v) is 12.9. The van der Waals surface area contributed by atoms with Crippen molar-refractivity contribution in [3.63, 3.8) is 0 Å². The molecule has 1 aromatic rings. The lowest BCUT2D eigenvalue weighted by Gasteiger charge is -2.27. The van der Waals surface area contributed by atoms with Gasteiger partial charge in [-0.25, -0.2) is 13.2 Å². The van der Waals surface area contributed by atoms with Crippen LogP contribution in [-0.4, -0.2) is 36.2 Å². The highest BCUT2D eigenvalue weighted by atomic mass is 32.2. The van der Waals surface area contributed by atoms with E-state index in [4.69, 9.17) is 5.11 Å². The van der Waals surface area contributed by atoms with Crippen LogP contribution in [0.4, 0.5) is 0 Å². The highest BCUT2D eigenvalue weighted by Crippen LogP contribution is 2.35. The third-order valence-electron chi connectivity index (χ3n) is 3.59. The van der Waals surface area contributed by atoms with Crippen LogP contribution in [0.15, 0.2) is 29.2 Å². The molecule has 110 valence electrons. The summed E-state index contributed by atoms with van der Waals surface area (Å²) in [6.07, 6.45) is 4.70. The first-order valence-corrected chi connectivity index (χ1v) is 9.38. The number of thioether (sulfide) groups is 1. The van der Waals surface area contributed by atoms with Gasteiger partial charge in [0.15, 0.2) is 0 Å². The standard InChI is InChI=1S/C14H18O4S2/c1-20(17,18)13-4-2-3-12(9-13)19-11-7-5-10(6-8-11)14(15)16/h5-8,12-13H,2-4,9H2,1H3,(H,15,16). The molecule has 20 heavy (non-hydrogen) atoms. The molecule has 1 aliphatic rings. The van der Waals surface area contributed by atoms with Crippen molar-refractivity contribution in [3.05, 3.63) is 29.8 Å². The van der Waals surface area contributed by atoms with Crippen LogP contribution in [0.25, 0.3) is 0 Å². The number of hydrogen-bond donors (Lipinski definition) is 1. The number of benzene rings is 1. The largest absolute Gasteiger partial charge is 0.478 e. The van der Waals surface area contributed by atoms with E-state index in [9.17, 15) is 13.2 Å². The van der Waals surface area contributed by atoms with E-state index in [0.717, 1.165) is 24.2 Å². The van der Waals surface area contributed by atoms with Crippen LogP contribution in [0, 0.1) is 0 Å². The van der Waals surface area contributed by atoms with Gasteiger partial charge in [0, 0.05) is 16.4 Å². The Hall–Kier alpha value is -1.01. The second-order valence-corrected chi connectivity index (χ2v) is 8.89. The molecule has 1 N–H and O–H groups in total. The fourth-order valence-electron chi connectivity index (χ4n) is 2.47. The average molecular weight is 314 g/mol. The van der Waals surface area contributed by atoms with Crippen LogP contribution in [0.3, 0.4) is 0 Å². The summed E-state index contributed by atoms with van der Waals surface area (Å²) in [4.78, 5) is 11.8. The third kappa shape index (κ3) is 3.99. The highest BCUT2D eigenvalue weighted by Gasteiger charge is 2.29. The number of carbonyl (C=O) groups is 1. The molecule has 1 aliphatic carbocycles. The predicted octanol–water partition coefficient (Wildman–Crippen LogP) is 2.83. The van der Waals surface area contributed by atoms with Crippen LogP contribution in [0.1, 0.15) is 36.0 Å². The minimum absolute atomic E-state index is 0.230. The van der Waals surface area contributed by atoms with Crippen molar-refractivity contribution in [2.75, 3.05) is 6.26 Å². The topological polar surface area (TPSA) is 71.4 Å². The van der Waals surface area contributed by atoms with Crippen LogP contribution in [0.2, 0.25) is 0 Å². The Kier molecular flexibility index (Phi) is 4.75. The molecule has 0 saturated heterocycles. The Labute approximate surface area is 123 Å². The Morgan fingerprint density at radius 3 is 2.45 bits per heavy atom. The molecule has 0 bridgehead atoms. The molecule has 1 saturated carbocycles. The van der Waals surface area contributed by atoms with Gasteiger partial charge in [0.05, 0.1) is 10.8 Å². The summed E-state index contributed by atoms with van der Waals surface area (Å²) >= 11 is 1.65. The maximum absolute atomic E-state index is 11.6. The Morgan fingerprint density at radius 1 is 1.25 bits per heavy atom. The fourth-order valence-corrected chi connectivity index (χ4v) is 5.06. The molecular formula is C14H18O4S2. The van der Waals surface area contributed by atoms with Gasteiger partial charge in [-0.3, -0.25) is 0 Å². The lowest BCUT2D eigenvalue weighted by molar-refractivity contribution is 0.0697. The van der Waals surface area contributed by atoms with Crippen LogP contribution >= 0.6 is 11.8 Å². The molecule has 0 aromatic heterocycles. The molecule has 2 rings (SSSR count). The second kappa shape index (κ2) is 6.18. The minimum atomic E-state index is -2.96. The molecule has 1 fully saturated rings. The monoisotopic (exact) mass is 314 g/mol. The maximum Gasteiger partial charge on any atom is 0.335 e. The van der Waals surface area contributed by atoms with E-state index in [1.165, 1.54) is 6.26 Å². The van der Waals surface area contributed by atoms with Gasteiger partial charge in [-0.1, -0.05) is 6.42 Å². The van der Waals surface area contributed by atoms with Crippen LogP contribution < -0.4 is 0 Å². The molecule has 0 aliphatic heterocycles. The third-order valence-corrected chi connectivity index (χ3v) is 6.53. The zero-order valence-electron chi connectivity index (χ0n) is 11.3. The summed E-state index contributed by atoms with van der Waals surface area (Å²) in [5.74, 6) is -0.934. The minimum Gasteiger partial charge on any atom is -0.478 e. The van der Waals surface area contributed by atoms with E-state index < -0.39 is 15.8 Å². The van der Waals surface area contributed by atoms with E-state index in [2.05, 4.69) is 0 Å². The molecule has 2 unspecified atom stereocenters. The Bertz CT molecular complexity index is 578. The molecule has 4 nitrogen and oxygen atoms in total. The first-order valence-electron chi connectivity index (χ1n) is 6.55. The van der Waals surface area contributed by atoms with Gasteiger partial charge in [0.25, 0.3) is 0 Å².